The molecule has 0 saturated carbocycles. The van der Waals surface area contributed by atoms with E-state index in [1.165, 1.54) is 250 Å². The molecule has 0 heterocycles. The number of esters is 3. The van der Waals surface area contributed by atoms with Gasteiger partial charge in [-0.25, -0.2) is 0 Å². The fraction of sp³-hybridized carbons (Fsp3) is 0.953. The lowest BCUT2D eigenvalue weighted by atomic mass is 9.99. The molecular weight excluding hydrogens is 865 g/mol. The minimum Gasteiger partial charge on any atom is -0.462 e. The zero-order valence-corrected chi connectivity index (χ0v) is 48.2. The molecular formula is C64H124O6. The van der Waals surface area contributed by atoms with Crippen LogP contribution in [0.25, 0.3) is 0 Å². The van der Waals surface area contributed by atoms with E-state index >= 15 is 0 Å². The Morgan fingerprint density at radius 1 is 0.300 bits per heavy atom. The van der Waals surface area contributed by atoms with Gasteiger partial charge in [0.15, 0.2) is 6.10 Å². The molecule has 0 aliphatic carbocycles. The molecule has 0 aliphatic rings. The smallest absolute Gasteiger partial charge is 0.306 e. The number of carbonyl (C=O) groups excluding carboxylic acids is 3. The van der Waals surface area contributed by atoms with Gasteiger partial charge in [-0.05, 0) is 31.1 Å². The van der Waals surface area contributed by atoms with Gasteiger partial charge >= 0.3 is 17.9 Å². The maximum absolute atomic E-state index is 12.9. The normalized spacial score (nSPS) is 12.4. The second-order valence-electron chi connectivity index (χ2n) is 22.8. The summed E-state index contributed by atoms with van der Waals surface area (Å²) in [6.45, 7) is 11.5. The van der Waals surface area contributed by atoms with E-state index in [1.54, 1.807) is 0 Å². The van der Waals surface area contributed by atoms with Crippen LogP contribution in [0, 0.1) is 11.8 Å². The zero-order valence-electron chi connectivity index (χ0n) is 48.2. The highest BCUT2D eigenvalue weighted by atomic mass is 16.6. The molecule has 0 aromatic rings. The van der Waals surface area contributed by atoms with E-state index in [9.17, 15) is 14.4 Å². The molecule has 0 saturated heterocycles. The maximum Gasteiger partial charge on any atom is 0.306 e. The summed E-state index contributed by atoms with van der Waals surface area (Å²) in [4.78, 5) is 38.3. The summed E-state index contributed by atoms with van der Waals surface area (Å²) in [6.07, 6.45) is 62.4. The molecule has 0 aromatic heterocycles. The Hall–Kier alpha value is -1.59. The number of ether oxygens (including phenoxy) is 3. The quantitative estimate of drug-likeness (QED) is 0.0343. The molecule has 70 heavy (non-hydrogen) atoms. The standard InChI is InChI=1S/C64H124O6/c1-6-8-9-10-11-12-13-22-29-34-39-44-49-54-62(65)68-57-61(70-64(67)56-51-46-41-36-31-26-21-20-23-27-32-37-42-47-52-59(3)4)58-69-63(66)55-50-45-40-35-30-25-19-17-15-14-16-18-24-28-33-38-43-48-53-60(5)7-2/h59-61H,6-58H2,1-5H3/t60?,61-/m0/s1. The molecule has 0 amide bonds. The van der Waals surface area contributed by atoms with Crippen molar-refractivity contribution in [1.82, 2.24) is 0 Å². The first-order valence-electron chi connectivity index (χ1n) is 31.8. The molecule has 416 valence electrons. The largest absolute Gasteiger partial charge is 0.462 e. The van der Waals surface area contributed by atoms with Gasteiger partial charge in [-0.3, -0.25) is 14.4 Å². The van der Waals surface area contributed by atoms with Crippen molar-refractivity contribution in [2.45, 2.75) is 368 Å². The summed E-state index contributed by atoms with van der Waals surface area (Å²) in [5.41, 5.74) is 0. The number of hydrogen-bond acceptors (Lipinski definition) is 6. The molecule has 0 rings (SSSR count). The van der Waals surface area contributed by atoms with Crippen molar-refractivity contribution in [2.24, 2.45) is 11.8 Å². The van der Waals surface area contributed by atoms with E-state index < -0.39 is 6.10 Å². The van der Waals surface area contributed by atoms with Crippen molar-refractivity contribution in [1.29, 1.82) is 0 Å². The molecule has 2 atom stereocenters. The van der Waals surface area contributed by atoms with E-state index in [-0.39, 0.29) is 31.1 Å². The zero-order chi connectivity index (χ0) is 51.1. The summed E-state index contributed by atoms with van der Waals surface area (Å²) in [5, 5.41) is 0. The van der Waals surface area contributed by atoms with Gasteiger partial charge in [0.25, 0.3) is 0 Å². The van der Waals surface area contributed by atoms with Gasteiger partial charge in [0.2, 0.25) is 0 Å². The molecule has 0 radical (unpaired) electrons. The van der Waals surface area contributed by atoms with Crippen LogP contribution in [0.5, 0.6) is 0 Å². The maximum atomic E-state index is 12.9. The second-order valence-corrected chi connectivity index (χ2v) is 22.8. The molecule has 0 spiro atoms. The highest BCUT2D eigenvalue weighted by molar-refractivity contribution is 5.71. The third kappa shape index (κ3) is 55.7. The lowest BCUT2D eigenvalue weighted by molar-refractivity contribution is -0.167. The Kier molecular flexibility index (Phi) is 55.4. The van der Waals surface area contributed by atoms with E-state index in [1.807, 2.05) is 0 Å². The van der Waals surface area contributed by atoms with Crippen LogP contribution in [0.1, 0.15) is 362 Å². The van der Waals surface area contributed by atoms with Gasteiger partial charge in [0.05, 0.1) is 0 Å². The molecule has 6 heteroatoms. The second kappa shape index (κ2) is 56.7. The van der Waals surface area contributed by atoms with E-state index in [4.69, 9.17) is 14.2 Å². The number of carbonyl (C=O) groups is 3. The summed E-state index contributed by atoms with van der Waals surface area (Å²) in [6, 6.07) is 0. The highest BCUT2D eigenvalue weighted by Gasteiger charge is 2.19. The van der Waals surface area contributed by atoms with Crippen LogP contribution in [0.2, 0.25) is 0 Å². The van der Waals surface area contributed by atoms with Crippen molar-refractivity contribution in [3.63, 3.8) is 0 Å². The first kappa shape index (κ1) is 68.4. The first-order chi connectivity index (χ1) is 34.3. The van der Waals surface area contributed by atoms with Crippen LogP contribution < -0.4 is 0 Å². The SMILES string of the molecule is CCCCCCCCCCCCCCCC(=O)OC[C@@H](COC(=O)CCCCCCCCCCCCCCCCCCCCC(C)CC)OC(=O)CCCCCCCCCCCCCCCCC(C)C. The lowest BCUT2D eigenvalue weighted by Crippen LogP contribution is -2.30. The fourth-order valence-corrected chi connectivity index (χ4v) is 9.90. The van der Waals surface area contributed by atoms with Crippen molar-refractivity contribution < 1.29 is 28.6 Å². The Balaban J connectivity index is 4.24. The van der Waals surface area contributed by atoms with E-state index in [2.05, 4.69) is 34.6 Å². The van der Waals surface area contributed by atoms with Gasteiger partial charge in [-0.2, -0.15) is 0 Å². The topological polar surface area (TPSA) is 78.9 Å². The number of hydrogen-bond donors (Lipinski definition) is 0. The van der Waals surface area contributed by atoms with Gasteiger partial charge in [-0.1, -0.05) is 324 Å². The Labute approximate surface area is 438 Å². The molecule has 0 aliphatic heterocycles. The first-order valence-corrected chi connectivity index (χ1v) is 31.8. The highest BCUT2D eigenvalue weighted by Crippen LogP contribution is 2.19. The lowest BCUT2D eigenvalue weighted by Gasteiger charge is -2.18. The van der Waals surface area contributed by atoms with Gasteiger partial charge in [0, 0.05) is 19.3 Å². The van der Waals surface area contributed by atoms with Crippen LogP contribution in [0.3, 0.4) is 0 Å². The Morgan fingerprint density at radius 3 is 0.814 bits per heavy atom. The van der Waals surface area contributed by atoms with Crippen molar-refractivity contribution in [3.05, 3.63) is 0 Å². The monoisotopic (exact) mass is 989 g/mol. The molecule has 0 fully saturated rings. The van der Waals surface area contributed by atoms with Crippen LogP contribution in [-0.2, 0) is 28.6 Å². The van der Waals surface area contributed by atoms with Gasteiger partial charge < -0.3 is 14.2 Å². The summed E-state index contributed by atoms with van der Waals surface area (Å²) in [5.74, 6) is 0.921. The van der Waals surface area contributed by atoms with E-state index in [0.717, 1.165) is 69.6 Å². The van der Waals surface area contributed by atoms with Crippen LogP contribution in [0.4, 0.5) is 0 Å². The van der Waals surface area contributed by atoms with Crippen LogP contribution in [-0.4, -0.2) is 37.2 Å². The minimum atomic E-state index is -0.763. The molecule has 1 unspecified atom stereocenters. The van der Waals surface area contributed by atoms with Crippen molar-refractivity contribution >= 4 is 17.9 Å². The van der Waals surface area contributed by atoms with E-state index in [0.29, 0.717) is 19.3 Å². The predicted molar refractivity (Wildman–Crippen MR) is 303 cm³/mol. The average molecular weight is 990 g/mol. The summed E-state index contributed by atoms with van der Waals surface area (Å²) < 4.78 is 16.9. The third-order valence-electron chi connectivity index (χ3n) is 15.1. The third-order valence-corrected chi connectivity index (χ3v) is 15.1. The molecule has 6 nitrogen and oxygen atoms in total. The predicted octanol–water partition coefficient (Wildman–Crippen LogP) is 21.2. The average Bonchev–Trinajstić information content (AvgIpc) is 3.35. The van der Waals surface area contributed by atoms with Gasteiger partial charge in [-0.15, -0.1) is 0 Å². The Morgan fingerprint density at radius 2 is 0.543 bits per heavy atom. The van der Waals surface area contributed by atoms with Gasteiger partial charge in [0.1, 0.15) is 13.2 Å². The minimum absolute atomic E-state index is 0.0619. The molecule has 0 bridgehead atoms. The fourth-order valence-electron chi connectivity index (χ4n) is 9.90. The van der Waals surface area contributed by atoms with Crippen LogP contribution >= 0.6 is 0 Å². The number of unbranched alkanes of at least 4 members (excludes halogenated alkanes) is 42. The van der Waals surface area contributed by atoms with Crippen molar-refractivity contribution in [2.75, 3.05) is 13.2 Å². The summed E-state index contributed by atoms with van der Waals surface area (Å²) >= 11 is 0. The van der Waals surface area contributed by atoms with Crippen molar-refractivity contribution in [3.8, 4) is 0 Å². The molecule has 0 N–H and O–H groups in total. The Bertz CT molecular complexity index is 1070. The summed E-state index contributed by atoms with van der Waals surface area (Å²) in [7, 11) is 0. The number of rotatable bonds is 58. The molecule has 0 aromatic carbocycles. The van der Waals surface area contributed by atoms with Crippen LogP contribution in [0.15, 0.2) is 0 Å².